The van der Waals surface area contributed by atoms with Gasteiger partial charge >= 0.3 is 0 Å². The first-order chi connectivity index (χ1) is 13.2. The lowest BCUT2D eigenvalue weighted by Crippen LogP contribution is -2.14. The van der Waals surface area contributed by atoms with Crippen molar-refractivity contribution >= 4 is 22.9 Å². The molecule has 3 rings (SSSR count). The van der Waals surface area contributed by atoms with E-state index >= 15 is 0 Å². The molecule has 3 aromatic rings. The normalized spacial score (nSPS) is 10.4. The Hall–Kier alpha value is -2.86. The maximum atomic E-state index is 12.2. The van der Waals surface area contributed by atoms with E-state index in [1.54, 1.807) is 11.3 Å². The lowest BCUT2D eigenvalue weighted by Gasteiger charge is -2.09. The van der Waals surface area contributed by atoms with Crippen LogP contribution in [-0.4, -0.2) is 17.5 Å². The van der Waals surface area contributed by atoms with Crippen LogP contribution in [0.15, 0.2) is 53.9 Å². The Balaban J connectivity index is 1.54. The number of carbonyl (C=O) groups is 1. The van der Waals surface area contributed by atoms with Gasteiger partial charge in [0.15, 0.2) is 0 Å². The van der Waals surface area contributed by atoms with Gasteiger partial charge in [0.25, 0.3) is 0 Å². The van der Waals surface area contributed by atoms with E-state index in [-0.39, 0.29) is 12.3 Å². The zero-order valence-electron chi connectivity index (χ0n) is 15.4. The van der Waals surface area contributed by atoms with E-state index in [0.717, 1.165) is 34.3 Å². The number of hydrogen-bond acceptors (Lipinski definition) is 5. The van der Waals surface area contributed by atoms with Crippen molar-refractivity contribution in [2.45, 2.75) is 26.7 Å². The van der Waals surface area contributed by atoms with Gasteiger partial charge in [-0.25, -0.2) is 4.98 Å². The number of ether oxygens (including phenoxy) is 2. The summed E-state index contributed by atoms with van der Waals surface area (Å²) in [7, 11) is 0. The van der Waals surface area contributed by atoms with Crippen LogP contribution in [0, 0.1) is 0 Å². The summed E-state index contributed by atoms with van der Waals surface area (Å²) < 4.78 is 11.2. The maximum absolute atomic E-state index is 12.2. The van der Waals surface area contributed by atoms with E-state index in [1.807, 2.05) is 60.8 Å². The van der Waals surface area contributed by atoms with Crippen LogP contribution < -0.4 is 14.8 Å². The summed E-state index contributed by atoms with van der Waals surface area (Å²) >= 11 is 1.59. The first-order valence-electron chi connectivity index (χ1n) is 8.90. The van der Waals surface area contributed by atoms with E-state index in [1.165, 1.54) is 0 Å². The van der Waals surface area contributed by atoms with Gasteiger partial charge in [-0.3, -0.25) is 4.79 Å². The molecule has 140 valence electrons. The van der Waals surface area contributed by atoms with E-state index in [4.69, 9.17) is 9.47 Å². The first kappa shape index (κ1) is 18.9. The largest absolute Gasteiger partial charge is 0.494 e. The second-order valence-electron chi connectivity index (χ2n) is 5.84. The summed E-state index contributed by atoms with van der Waals surface area (Å²) in [6.45, 7) is 4.64. The molecule has 1 N–H and O–H groups in total. The molecule has 1 heterocycles. The van der Waals surface area contributed by atoms with Crippen LogP contribution in [0.5, 0.6) is 17.2 Å². The third-order valence-electron chi connectivity index (χ3n) is 3.75. The molecular weight excluding hydrogens is 360 g/mol. The van der Waals surface area contributed by atoms with Crippen molar-refractivity contribution in [3.63, 3.8) is 0 Å². The predicted octanol–water partition coefficient (Wildman–Crippen LogP) is 5.08. The van der Waals surface area contributed by atoms with E-state index in [2.05, 4.69) is 17.2 Å². The summed E-state index contributed by atoms with van der Waals surface area (Å²) in [6.07, 6.45) is 1.17. The smallest absolute Gasteiger partial charge is 0.230 e. The molecule has 0 saturated carbocycles. The predicted molar refractivity (Wildman–Crippen MR) is 108 cm³/mol. The van der Waals surface area contributed by atoms with Crippen molar-refractivity contribution in [3.8, 4) is 17.2 Å². The number of anilines is 1. The molecule has 6 heteroatoms. The standard InChI is InChI=1S/C21H22N2O3S/c1-3-21-23-16(14-27-21)13-20(24)22-15-5-7-18(8-6-15)26-19-11-9-17(10-12-19)25-4-2/h5-12,14H,3-4,13H2,1-2H3,(H,22,24). The van der Waals surface area contributed by atoms with E-state index < -0.39 is 0 Å². The van der Waals surface area contributed by atoms with Crippen LogP contribution in [0.3, 0.4) is 0 Å². The SMILES string of the molecule is CCOc1ccc(Oc2ccc(NC(=O)Cc3csc(CC)n3)cc2)cc1. The monoisotopic (exact) mass is 382 g/mol. The van der Waals surface area contributed by atoms with Crippen LogP contribution >= 0.6 is 11.3 Å². The number of amides is 1. The van der Waals surface area contributed by atoms with Crippen LogP contribution in [0.1, 0.15) is 24.5 Å². The number of benzene rings is 2. The lowest BCUT2D eigenvalue weighted by atomic mass is 10.2. The molecule has 2 aromatic carbocycles. The Morgan fingerprint density at radius 3 is 2.22 bits per heavy atom. The summed E-state index contributed by atoms with van der Waals surface area (Å²) in [4.78, 5) is 16.6. The van der Waals surface area contributed by atoms with Gasteiger partial charge in [0.05, 0.1) is 23.7 Å². The molecule has 0 unspecified atom stereocenters. The van der Waals surface area contributed by atoms with Crippen LogP contribution in [-0.2, 0) is 17.6 Å². The van der Waals surface area contributed by atoms with Crippen LogP contribution in [0.25, 0.3) is 0 Å². The van der Waals surface area contributed by atoms with E-state index in [0.29, 0.717) is 12.4 Å². The molecule has 0 aliphatic carbocycles. The maximum Gasteiger partial charge on any atom is 0.230 e. The van der Waals surface area contributed by atoms with Gasteiger partial charge in [-0.15, -0.1) is 11.3 Å². The molecule has 0 radical (unpaired) electrons. The third-order valence-corrected chi connectivity index (χ3v) is 4.79. The number of aromatic nitrogens is 1. The minimum atomic E-state index is -0.0804. The van der Waals surface area contributed by atoms with E-state index in [9.17, 15) is 4.79 Å². The van der Waals surface area contributed by atoms with Crippen molar-refractivity contribution < 1.29 is 14.3 Å². The number of rotatable bonds is 8. The van der Waals surface area contributed by atoms with Crippen molar-refractivity contribution in [2.75, 3.05) is 11.9 Å². The Morgan fingerprint density at radius 1 is 1.00 bits per heavy atom. The van der Waals surface area contributed by atoms with Crippen molar-refractivity contribution in [1.29, 1.82) is 0 Å². The zero-order valence-corrected chi connectivity index (χ0v) is 16.2. The minimum Gasteiger partial charge on any atom is -0.494 e. The molecular formula is C21H22N2O3S. The average molecular weight is 382 g/mol. The van der Waals surface area contributed by atoms with Gasteiger partial charge < -0.3 is 14.8 Å². The third kappa shape index (κ3) is 5.56. The number of carbonyl (C=O) groups excluding carboxylic acids is 1. The number of aryl methyl sites for hydroxylation is 1. The highest BCUT2D eigenvalue weighted by Crippen LogP contribution is 2.25. The Morgan fingerprint density at radius 2 is 1.63 bits per heavy atom. The molecule has 0 atom stereocenters. The molecule has 1 aromatic heterocycles. The summed E-state index contributed by atoms with van der Waals surface area (Å²) in [5, 5.41) is 5.87. The van der Waals surface area contributed by atoms with Gasteiger partial charge in [0.1, 0.15) is 17.2 Å². The highest BCUT2D eigenvalue weighted by atomic mass is 32.1. The van der Waals surface area contributed by atoms with Gasteiger partial charge in [0, 0.05) is 11.1 Å². The van der Waals surface area contributed by atoms with Crippen LogP contribution in [0.4, 0.5) is 5.69 Å². The fourth-order valence-electron chi connectivity index (χ4n) is 2.48. The number of thiazole rings is 1. The molecule has 1 amide bonds. The highest BCUT2D eigenvalue weighted by Gasteiger charge is 2.08. The Bertz CT molecular complexity index is 873. The highest BCUT2D eigenvalue weighted by molar-refractivity contribution is 7.09. The van der Waals surface area contributed by atoms with Gasteiger partial charge in [0.2, 0.25) is 5.91 Å². The quantitative estimate of drug-likeness (QED) is 0.590. The molecule has 0 aliphatic rings. The number of nitrogens with one attached hydrogen (secondary N) is 1. The van der Waals surface area contributed by atoms with Crippen LogP contribution in [0.2, 0.25) is 0 Å². The molecule has 5 nitrogen and oxygen atoms in total. The number of hydrogen-bond donors (Lipinski definition) is 1. The molecule has 0 bridgehead atoms. The molecule has 0 fully saturated rings. The topological polar surface area (TPSA) is 60.5 Å². The van der Waals surface area contributed by atoms with Gasteiger partial charge in [-0.05, 0) is 61.9 Å². The Labute approximate surface area is 163 Å². The zero-order chi connectivity index (χ0) is 19.1. The fourth-order valence-corrected chi connectivity index (χ4v) is 3.22. The molecule has 0 aliphatic heterocycles. The average Bonchev–Trinajstić information content (AvgIpc) is 3.12. The minimum absolute atomic E-state index is 0.0804. The van der Waals surface area contributed by atoms with Crippen molar-refractivity contribution in [3.05, 3.63) is 64.6 Å². The first-order valence-corrected chi connectivity index (χ1v) is 9.78. The molecule has 0 saturated heterocycles. The second kappa shape index (κ2) is 9.19. The fraction of sp³-hybridized carbons (Fsp3) is 0.238. The Kier molecular flexibility index (Phi) is 6.44. The van der Waals surface area contributed by atoms with Gasteiger partial charge in [-0.2, -0.15) is 0 Å². The van der Waals surface area contributed by atoms with Crippen molar-refractivity contribution in [2.24, 2.45) is 0 Å². The molecule has 27 heavy (non-hydrogen) atoms. The van der Waals surface area contributed by atoms with Crippen molar-refractivity contribution in [1.82, 2.24) is 4.98 Å². The molecule has 0 spiro atoms. The summed E-state index contributed by atoms with van der Waals surface area (Å²) in [6, 6.07) is 14.7. The summed E-state index contributed by atoms with van der Waals surface area (Å²) in [5.41, 5.74) is 1.54. The number of nitrogens with zero attached hydrogens (tertiary/aromatic N) is 1. The van der Waals surface area contributed by atoms with Gasteiger partial charge in [-0.1, -0.05) is 6.92 Å². The summed E-state index contributed by atoms with van der Waals surface area (Å²) in [5.74, 6) is 2.16. The second-order valence-corrected chi connectivity index (χ2v) is 6.78. The lowest BCUT2D eigenvalue weighted by molar-refractivity contribution is -0.115.